The van der Waals surface area contributed by atoms with Crippen LogP contribution in [0, 0.1) is 0 Å². The van der Waals surface area contributed by atoms with Crippen LogP contribution in [0.2, 0.25) is 0 Å². The Morgan fingerprint density at radius 2 is 1.63 bits per heavy atom. The van der Waals surface area contributed by atoms with Crippen molar-refractivity contribution in [3.05, 3.63) is 70.7 Å². The Morgan fingerprint density at radius 3 is 2.17 bits per heavy atom. The van der Waals surface area contributed by atoms with Crippen molar-refractivity contribution in [1.29, 1.82) is 0 Å². The number of rotatable bonds is 9. The van der Waals surface area contributed by atoms with Crippen LogP contribution in [0.3, 0.4) is 0 Å². The zero-order chi connectivity index (χ0) is 37.2. The summed E-state index contributed by atoms with van der Waals surface area (Å²) in [5.74, 6) is -1.91. The number of methoxy groups -OCH3 is 1. The van der Waals surface area contributed by atoms with E-state index in [9.17, 15) is 45.8 Å². The Kier molecular flexibility index (Phi) is 12.2. The van der Waals surface area contributed by atoms with Crippen molar-refractivity contribution >= 4 is 43.1 Å². The highest BCUT2D eigenvalue weighted by Crippen LogP contribution is 2.44. The van der Waals surface area contributed by atoms with Gasteiger partial charge in [-0.05, 0) is 62.4 Å². The first-order chi connectivity index (χ1) is 24.1. The molecule has 3 atom stereocenters. The molecule has 0 spiro atoms. The van der Waals surface area contributed by atoms with Crippen LogP contribution in [-0.4, -0.2) is 75.3 Å². The van der Waals surface area contributed by atoms with Crippen LogP contribution in [0.25, 0.3) is 0 Å². The first-order valence-corrected chi connectivity index (χ1v) is 16.0. The second-order valence-corrected chi connectivity index (χ2v) is 11.9. The molecule has 4 heterocycles. The fourth-order valence-electron chi connectivity index (χ4n) is 6.39. The van der Waals surface area contributed by atoms with Gasteiger partial charge in [-0.1, -0.05) is 6.92 Å². The zero-order valence-corrected chi connectivity index (χ0v) is 29.2. The summed E-state index contributed by atoms with van der Waals surface area (Å²) in [5, 5.41) is 9.54. The maximum absolute atomic E-state index is 13.9. The SMILES string of the molecule is CCOC(=O)N1c2ccc(OC)nc2[C@@H](N(Cc2cc(C(F)(F)F)cc(C(F)(F)F)c2)c2ncc(C(=O)N3CCC[C@H]3C(=O)O)cn2)C[C@H]1CC.S. The number of pyridine rings is 1. The highest BCUT2D eigenvalue weighted by molar-refractivity contribution is 7.59. The van der Waals surface area contributed by atoms with Crippen molar-refractivity contribution in [2.45, 2.75) is 76.6 Å². The summed E-state index contributed by atoms with van der Waals surface area (Å²) in [7, 11) is 1.34. The van der Waals surface area contributed by atoms with Gasteiger partial charge in [0.25, 0.3) is 5.91 Å². The predicted molar refractivity (Wildman–Crippen MR) is 178 cm³/mol. The molecule has 2 amide bonds. The molecule has 0 radical (unpaired) electrons. The number of fused-ring (bicyclic) bond motifs is 1. The van der Waals surface area contributed by atoms with Gasteiger partial charge < -0.3 is 24.4 Å². The van der Waals surface area contributed by atoms with E-state index in [0.717, 1.165) is 12.4 Å². The topological polar surface area (TPSA) is 138 Å². The quantitative estimate of drug-likeness (QED) is 0.237. The van der Waals surface area contributed by atoms with E-state index in [-0.39, 0.29) is 79.9 Å². The maximum atomic E-state index is 13.9. The number of anilines is 2. The normalized spacial score (nSPS) is 18.7. The summed E-state index contributed by atoms with van der Waals surface area (Å²) < 4.78 is 93.9. The Bertz CT molecular complexity index is 1750. The van der Waals surface area contributed by atoms with Crippen molar-refractivity contribution in [1.82, 2.24) is 19.9 Å². The molecule has 0 saturated carbocycles. The molecule has 3 aromatic rings. The molecule has 52 heavy (non-hydrogen) atoms. The minimum Gasteiger partial charge on any atom is -0.481 e. The molecule has 0 unspecified atom stereocenters. The van der Waals surface area contributed by atoms with Crippen LogP contribution >= 0.6 is 13.5 Å². The number of ether oxygens (including phenoxy) is 2. The van der Waals surface area contributed by atoms with E-state index in [1.807, 2.05) is 0 Å². The molecule has 282 valence electrons. The molecular weight excluding hydrogens is 722 g/mol. The standard InChI is InChI=1S/C33H34F6N6O6.H2S/c1-4-22-14-25(27-23(8-9-26(42-27)50-3)45(22)31(49)51-5-2)44(17-18-11-20(32(34,35)36)13-21(12-18)33(37,38)39)30-40-15-19(16-41-30)28(46)43-10-6-7-24(43)29(47)48;/h8-9,11-13,15-16,22,24-25H,4-7,10,14,17H2,1-3H3,(H,47,48);1H2/t22-,24+,25+;/m1./s1. The fraction of sp³-hybridized carbons (Fsp3) is 0.455. The average molecular weight is 759 g/mol. The lowest BCUT2D eigenvalue weighted by Gasteiger charge is -2.43. The van der Waals surface area contributed by atoms with Gasteiger partial charge in [0.1, 0.15) is 6.04 Å². The van der Waals surface area contributed by atoms with Crippen molar-refractivity contribution in [2.24, 2.45) is 0 Å². The van der Waals surface area contributed by atoms with Crippen LogP contribution in [-0.2, 0) is 28.4 Å². The van der Waals surface area contributed by atoms with Crippen LogP contribution in [0.1, 0.15) is 78.3 Å². The number of aromatic nitrogens is 3. The van der Waals surface area contributed by atoms with Gasteiger partial charge in [-0.25, -0.2) is 24.5 Å². The summed E-state index contributed by atoms with van der Waals surface area (Å²) in [5.41, 5.74) is -3.04. The number of hydrogen-bond acceptors (Lipinski definition) is 9. The average Bonchev–Trinajstić information content (AvgIpc) is 3.59. The molecule has 1 N–H and O–H groups in total. The van der Waals surface area contributed by atoms with Gasteiger partial charge in [-0.15, -0.1) is 0 Å². The largest absolute Gasteiger partial charge is 0.481 e. The molecule has 1 saturated heterocycles. The first-order valence-electron chi connectivity index (χ1n) is 16.0. The molecule has 0 bridgehead atoms. The number of carbonyl (C=O) groups excluding carboxylic acids is 2. The number of carboxylic acid groups (broad SMARTS) is 1. The van der Waals surface area contributed by atoms with Crippen LogP contribution < -0.4 is 14.5 Å². The minimum absolute atomic E-state index is 0. The minimum atomic E-state index is -5.11. The van der Waals surface area contributed by atoms with Crippen LogP contribution in [0.4, 0.5) is 42.8 Å². The summed E-state index contributed by atoms with van der Waals surface area (Å²) in [6.07, 6.45) is -7.52. The Morgan fingerprint density at radius 1 is 1.00 bits per heavy atom. The fourth-order valence-corrected chi connectivity index (χ4v) is 6.39. The lowest BCUT2D eigenvalue weighted by Crippen LogP contribution is -2.48. The van der Waals surface area contributed by atoms with Crippen molar-refractivity contribution in [3.8, 4) is 5.88 Å². The van der Waals surface area contributed by atoms with Crippen molar-refractivity contribution in [3.63, 3.8) is 0 Å². The summed E-state index contributed by atoms with van der Waals surface area (Å²) in [4.78, 5) is 55.2. The van der Waals surface area contributed by atoms with E-state index in [1.165, 1.54) is 27.9 Å². The zero-order valence-electron chi connectivity index (χ0n) is 28.2. The molecule has 1 aromatic carbocycles. The third kappa shape index (κ3) is 8.29. The molecule has 5 rings (SSSR count). The number of nitrogens with zero attached hydrogens (tertiary/aromatic N) is 6. The molecule has 2 aliphatic heterocycles. The van der Waals surface area contributed by atoms with Crippen LogP contribution in [0.15, 0.2) is 42.7 Å². The van der Waals surface area contributed by atoms with Gasteiger partial charge >= 0.3 is 24.4 Å². The van der Waals surface area contributed by atoms with Gasteiger partial charge in [-0.2, -0.15) is 39.8 Å². The van der Waals surface area contributed by atoms with E-state index in [2.05, 4.69) is 15.0 Å². The lowest BCUT2D eigenvalue weighted by atomic mass is 9.92. The molecular formula is C33H36F6N6O6S. The number of hydrogen-bond donors (Lipinski definition) is 1. The molecule has 12 nitrogen and oxygen atoms in total. The summed E-state index contributed by atoms with van der Waals surface area (Å²) in [6.45, 7) is 3.07. The Balaban J connectivity index is 0.00000605. The number of carboxylic acids is 1. The highest BCUT2D eigenvalue weighted by atomic mass is 32.1. The number of amides is 2. The highest BCUT2D eigenvalue weighted by Gasteiger charge is 2.42. The predicted octanol–water partition coefficient (Wildman–Crippen LogP) is 6.61. The molecule has 1 fully saturated rings. The van der Waals surface area contributed by atoms with E-state index in [1.54, 1.807) is 19.9 Å². The van der Waals surface area contributed by atoms with Gasteiger partial charge in [0.05, 0.1) is 47.8 Å². The molecule has 2 aliphatic rings. The third-order valence-corrected chi connectivity index (χ3v) is 8.77. The second kappa shape index (κ2) is 15.8. The van der Waals surface area contributed by atoms with Gasteiger partial charge in [-0.3, -0.25) is 9.69 Å². The molecule has 19 heteroatoms. The van der Waals surface area contributed by atoms with Gasteiger partial charge in [0.15, 0.2) is 0 Å². The lowest BCUT2D eigenvalue weighted by molar-refractivity contribution is -0.143. The number of benzene rings is 1. The third-order valence-electron chi connectivity index (χ3n) is 8.77. The number of alkyl halides is 6. The van der Waals surface area contributed by atoms with Crippen molar-refractivity contribution < 1.29 is 55.3 Å². The Labute approximate surface area is 301 Å². The van der Waals surface area contributed by atoms with E-state index in [4.69, 9.17) is 9.47 Å². The Hall–Kier alpha value is -4.81. The summed E-state index contributed by atoms with van der Waals surface area (Å²) >= 11 is 0. The molecule has 0 aliphatic carbocycles. The van der Waals surface area contributed by atoms with E-state index >= 15 is 0 Å². The van der Waals surface area contributed by atoms with Crippen LogP contribution in [0.5, 0.6) is 5.88 Å². The summed E-state index contributed by atoms with van der Waals surface area (Å²) in [6, 6.07) is 1.70. The number of likely N-dealkylation sites (tertiary alicyclic amines) is 1. The maximum Gasteiger partial charge on any atom is 0.416 e. The van der Waals surface area contributed by atoms with Gasteiger partial charge in [0, 0.05) is 37.6 Å². The van der Waals surface area contributed by atoms with E-state index < -0.39 is 66.1 Å². The monoisotopic (exact) mass is 758 g/mol. The number of halogens is 6. The van der Waals surface area contributed by atoms with E-state index in [0.29, 0.717) is 25.0 Å². The van der Waals surface area contributed by atoms with Crippen molar-refractivity contribution in [2.75, 3.05) is 30.1 Å². The number of carbonyl (C=O) groups is 3. The second-order valence-electron chi connectivity index (χ2n) is 11.9. The smallest absolute Gasteiger partial charge is 0.416 e. The number of aliphatic carboxylic acids is 1. The first kappa shape index (κ1) is 40.0. The van der Waals surface area contributed by atoms with Gasteiger partial charge in [0.2, 0.25) is 11.8 Å². The molecule has 2 aromatic heterocycles.